The molecule has 0 saturated heterocycles. The van der Waals surface area contributed by atoms with Crippen LogP contribution in [0.3, 0.4) is 0 Å². The minimum absolute atomic E-state index is 0.0738. The lowest BCUT2D eigenvalue weighted by Crippen LogP contribution is -2.11. The molecule has 9 nitrogen and oxygen atoms in total. The fourth-order valence-electron chi connectivity index (χ4n) is 2.80. The van der Waals surface area contributed by atoms with Crippen LogP contribution < -0.4 is 15.0 Å². The Balaban J connectivity index is 2.00. The highest BCUT2D eigenvalue weighted by molar-refractivity contribution is 7.98. The van der Waals surface area contributed by atoms with E-state index in [9.17, 15) is 15.4 Å². The van der Waals surface area contributed by atoms with E-state index in [0.29, 0.717) is 28.7 Å². The lowest BCUT2D eigenvalue weighted by atomic mass is 10.2. The Kier molecular flexibility index (Phi) is 6.89. The van der Waals surface area contributed by atoms with Gasteiger partial charge in [0.25, 0.3) is 0 Å². The molecule has 0 amide bonds. The minimum atomic E-state index is -0.566. The van der Waals surface area contributed by atoms with Gasteiger partial charge in [-0.1, -0.05) is 42.1 Å². The number of nitro groups is 1. The maximum absolute atomic E-state index is 11.9. The van der Waals surface area contributed by atoms with Crippen molar-refractivity contribution in [3.05, 3.63) is 69.8 Å². The summed E-state index contributed by atoms with van der Waals surface area (Å²) in [6, 6.07) is 16.4. The van der Waals surface area contributed by atoms with Gasteiger partial charge < -0.3 is 15.0 Å². The molecule has 0 aliphatic heterocycles. The summed E-state index contributed by atoms with van der Waals surface area (Å²) in [6.45, 7) is 0.355. The van der Waals surface area contributed by atoms with Gasteiger partial charge in [0, 0.05) is 26.7 Å². The second-order valence-corrected chi connectivity index (χ2v) is 7.37. The number of rotatable bonds is 8. The van der Waals surface area contributed by atoms with Gasteiger partial charge in [0.15, 0.2) is 5.16 Å². The zero-order chi connectivity index (χ0) is 22.4. The number of anilines is 2. The molecule has 0 unspecified atom stereocenters. The van der Waals surface area contributed by atoms with Gasteiger partial charge in [-0.05, 0) is 24.0 Å². The molecule has 0 bridgehead atoms. The highest BCUT2D eigenvalue weighted by Gasteiger charge is 2.27. The van der Waals surface area contributed by atoms with Crippen molar-refractivity contribution in [1.82, 2.24) is 9.97 Å². The van der Waals surface area contributed by atoms with Crippen LogP contribution in [0.15, 0.2) is 53.7 Å². The summed E-state index contributed by atoms with van der Waals surface area (Å²) in [4.78, 5) is 21.5. The Morgan fingerprint density at radius 3 is 2.58 bits per heavy atom. The van der Waals surface area contributed by atoms with Crippen LogP contribution in [0.25, 0.3) is 0 Å². The van der Waals surface area contributed by atoms with E-state index >= 15 is 0 Å². The van der Waals surface area contributed by atoms with Crippen LogP contribution in [0.1, 0.15) is 11.1 Å². The van der Waals surface area contributed by atoms with E-state index in [0.717, 1.165) is 5.56 Å². The molecular formula is C21H20N6O3S. The maximum Gasteiger partial charge on any atom is 0.373 e. The van der Waals surface area contributed by atoms with Gasteiger partial charge >= 0.3 is 11.6 Å². The first-order valence-electron chi connectivity index (χ1n) is 9.20. The molecule has 1 heterocycles. The fraction of sp³-hybridized carbons (Fsp3) is 0.190. The first-order valence-corrected chi connectivity index (χ1v) is 10.4. The van der Waals surface area contributed by atoms with Gasteiger partial charge in [-0.2, -0.15) is 15.2 Å². The number of thioether (sulfide) groups is 1. The molecule has 1 aromatic heterocycles. The summed E-state index contributed by atoms with van der Waals surface area (Å²) in [5, 5.41) is 24.5. The predicted octanol–water partition coefficient (Wildman–Crippen LogP) is 4.45. The van der Waals surface area contributed by atoms with Crippen molar-refractivity contribution in [2.24, 2.45) is 0 Å². The Morgan fingerprint density at radius 2 is 1.97 bits per heavy atom. The molecule has 3 aromatic rings. The lowest BCUT2D eigenvalue weighted by Gasteiger charge is -2.16. The Labute approximate surface area is 183 Å². The van der Waals surface area contributed by atoms with Crippen molar-refractivity contribution in [2.75, 3.05) is 30.6 Å². The van der Waals surface area contributed by atoms with Crippen molar-refractivity contribution in [3.8, 4) is 17.7 Å². The molecule has 0 atom stereocenters. The van der Waals surface area contributed by atoms with Crippen LogP contribution in [-0.2, 0) is 6.54 Å². The smallest absolute Gasteiger partial charge is 0.373 e. The number of nitrogens with zero attached hydrogens (tertiary/aromatic N) is 5. The van der Waals surface area contributed by atoms with Crippen molar-refractivity contribution < 1.29 is 9.66 Å². The number of hydrogen-bond donors (Lipinski definition) is 1. The molecule has 0 saturated carbocycles. The predicted molar refractivity (Wildman–Crippen MR) is 120 cm³/mol. The van der Waals surface area contributed by atoms with E-state index in [-0.39, 0.29) is 17.4 Å². The highest BCUT2D eigenvalue weighted by Crippen LogP contribution is 2.37. The largest absolute Gasteiger partial charge is 0.433 e. The third kappa shape index (κ3) is 5.21. The number of nitrogens with one attached hydrogen (secondary N) is 1. The summed E-state index contributed by atoms with van der Waals surface area (Å²) < 4.78 is 5.81. The van der Waals surface area contributed by atoms with E-state index in [1.54, 1.807) is 43.5 Å². The van der Waals surface area contributed by atoms with Crippen molar-refractivity contribution in [3.63, 3.8) is 0 Å². The summed E-state index contributed by atoms with van der Waals surface area (Å²) in [6.07, 6.45) is 1.78. The van der Waals surface area contributed by atoms with E-state index in [4.69, 9.17) is 4.74 Å². The molecule has 0 aliphatic rings. The first kappa shape index (κ1) is 21.9. The van der Waals surface area contributed by atoms with Crippen LogP contribution in [-0.4, -0.2) is 35.2 Å². The second kappa shape index (κ2) is 9.77. The molecule has 10 heteroatoms. The van der Waals surface area contributed by atoms with E-state index in [1.807, 2.05) is 30.3 Å². The molecule has 1 N–H and O–H groups in total. The normalized spacial score (nSPS) is 10.3. The van der Waals surface area contributed by atoms with Crippen LogP contribution in [0.2, 0.25) is 0 Å². The summed E-state index contributed by atoms with van der Waals surface area (Å²) in [5.74, 6) is 0.226. The number of aromatic nitrogens is 2. The molecule has 158 valence electrons. The van der Waals surface area contributed by atoms with Gasteiger partial charge in [-0.25, -0.2) is 0 Å². The Morgan fingerprint density at radius 1 is 1.23 bits per heavy atom. The van der Waals surface area contributed by atoms with E-state index < -0.39 is 4.92 Å². The van der Waals surface area contributed by atoms with Crippen molar-refractivity contribution in [1.29, 1.82) is 5.26 Å². The average Bonchev–Trinajstić information content (AvgIpc) is 2.77. The van der Waals surface area contributed by atoms with Crippen LogP contribution in [0, 0.1) is 21.4 Å². The van der Waals surface area contributed by atoms with E-state index in [2.05, 4.69) is 21.4 Å². The van der Waals surface area contributed by atoms with Gasteiger partial charge in [0.2, 0.25) is 5.82 Å². The Bertz CT molecular complexity index is 1130. The number of benzene rings is 2. The summed E-state index contributed by atoms with van der Waals surface area (Å²) in [7, 11) is 3.59. The molecule has 0 aliphatic carbocycles. The third-order valence-electron chi connectivity index (χ3n) is 4.29. The summed E-state index contributed by atoms with van der Waals surface area (Å²) in [5.41, 5.74) is 1.68. The molecule has 0 fully saturated rings. The standard InChI is InChI=1S/C21H20N6O3S/c1-26(2)17-11-16(10-9-15(17)12-22)30-20-18(27(28)29)19(24-21(25-20)31-3)23-13-14-7-5-4-6-8-14/h4-11H,13H2,1-3H3,(H,23,24,25). The molecule has 0 spiro atoms. The van der Waals surface area contributed by atoms with Gasteiger partial charge in [0.05, 0.1) is 16.2 Å². The maximum atomic E-state index is 11.9. The molecule has 3 rings (SSSR count). The quantitative estimate of drug-likeness (QED) is 0.236. The average molecular weight is 436 g/mol. The number of nitriles is 1. The fourth-order valence-corrected chi connectivity index (χ4v) is 3.15. The Hall–Kier alpha value is -3.84. The number of ether oxygens (including phenoxy) is 1. The van der Waals surface area contributed by atoms with Gasteiger partial charge in [-0.15, -0.1) is 0 Å². The monoisotopic (exact) mass is 436 g/mol. The van der Waals surface area contributed by atoms with Gasteiger partial charge in [0.1, 0.15) is 11.8 Å². The molecule has 2 aromatic carbocycles. The van der Waals surface area contributed by atoms with Crippen LogP contribution in [0.4, 0.5) is 17.2 Å². The molecule has 31 heavy (non-hydrogen) atoms. The van der Waals surface area contributed by atoms with Crippen molar-refractivity contribution >= 4 is 29.0 Å². The molecule has 0 radical (unpaired) electrons. The number of hydrogen-bond acceptors (Lipinski definition) is 9. The topological polar surface area (TPSA) is 117 Å². The zero-order valence-corrected chi connectivity index (χ0v) is 18.0. The highest BCUT2D eigenvalue weighted by atomic mass is 32.2. The SMILES string of the molecule is CSc1nc(NCc2ccccc2)c([N+](=O)[O-])c(Oc2ccc(C#N)c(N(C)C)c2)n1. The zero-order valence-electron chi connectivity index (χ0n) is 17.2. The van der Waals surface area contributed by atoms with Crippen LogP contribution >= 0.6 is 11.8 Å². The lowest BCUT2D eigenvalue weighted by molar-refractivity contribution is -0.385. The van der Waals surface area contributed by atoms with Crippen molar-refractivity contribution in [2.45, 2.75) is 11.7 Å². The second-order valence-electron chi connectivity index (χ2n) is 6.60. The molecular weight excluding hydrogens is 416 g/mol. The van der Waals surface area contributed by atoms with Crippen LogP contribution in [0.5, 0.6) is 11.6 Å². The van der Waals surface area contributed by atoms with Gasteiger partial charge in [-0.3, -0.25) is 10.1 Å². The summed E-state index contributed by atoms with van der Waals surface area (Å²) >= 11 is 1.25. The third-order valence-corrected chi connectivity index (χ3v) is 4.83. The minimum Gasteiger partial charge on any atom is -0.433 e. The van der Waals surface area contributed by atoms with E-state index in [1.165, 1.54) is 11.8 Å². The first-order chi connectivity index (χ1) is 14.9.